The maximum atomic E-state index is 14.2. The van der Waals surface area contributed by atoms with E-state index < -0.39 is 22.5 Å². The van der Waals surface area contributed by atoms with Crippen LogP contribution < -0.4 is 4.90 Å². The summed E-state index contributed by atoms with van der Waals surface area (Å²) < 4.78 is 0. The molecule has 5 nitrogen and oxygen atoms in total. The van der Waals surface area contributed by atoms with E-state index in [1.807, 2.05) is 84.9 Å². The molecular formula is C28H19N3O2. The number of amides is 1. The number of rotatable bonds is 3. The first-order valence-corrected chi connectivity index (χ1v) is 10.7. The number of benzene rings is 3. The summed E-state index contributed by atoms with van der Waals surface area (Å²) in [6, 6.07) is 30.0. The molecule has 3 aromatic rings. The summed E-state index contributed by atoms with van der Waals surface area (Å²) in [5, 5.41) is 20.4. The van der Waals surface area contributed by atoms with Gasteiger partial charge in [0.25, 0.3) is 0 Å². The van der Waals surface area contributed by atoms with Crippen molar-refractivity contribution in [1.82, 2.24) is 0 Å². The zero-order chi connectivity index (χ0) is 23.1. The number of nitrogens with zero attached hydrogens (tertiary/aromatic N) is 3. The minimum Gasteiger partial charge on any atom is -0.307 e. The van der Waals surface area contributed by atoms with E-state index in [4.69, 9.17) is 0 Å². The van der Waals surface area contributed by atoms with Crippen LogP contribution in [0.15, 0.2) is 91.0 Å². The summed E-state index contributed by atoms with van der Waals surface area (Å²) in [5.41, 5.74) is -0.249. The maximum Gasteiger partial charge on any atom is 0.241 e. The number of anilines is 1. The Kier molecular flexibility index (Phi) is 4.69. The van der Waals surface area contributed by atoms with Crippen LogP contribution in [0.1, 0.15) is 23.1 Å². The molecule has 0 saturated heterocycles. The number of nitriles is 2. The smallest absolute Gasteiger partial charge is 0.241 e. The summed E-state index contributed by atoms with van der Waals surface area (Å²) in [5.74, 6) is -1.05. The largest absolute Gasteiger partial charge is 0.307 e. The van der Waals surface area contributed by atoms with Gasteiger partial charge in [-0.15, -0.1) is 0 Å². The molecule has 1 aliphatic heterocycles. The molecule has 0 saturated carbocycles. The Balaban J connectivity index is 1.74. The lowest BCUT2D eigenvalue weighted by atomic mass is 9.54. The SMILES string of the molecule is N#CC1(C#N)C(=O)C=C(c2ccccc2)C[C@]12C(=O)N(Cc1ccccc1)c1ccccc12. The van der Waals surface area contributed by atoms with Crippen molar-refractivity contribution in [2.75, 3.05) is 4.90 Å². The van der Waals surface area contributed by atoms with Gasteiger partial charge in [0, 0.05) is 5.69 Å². The summed E-state index contributed by atoms with van der Waals surface area (Å²) >= 11 is 0. The normalized spacial score (nSPS) is 20.7. The Morgan fingerprint density at radius 3 is 2.09 bits per heavy atom. The molecule has 0 radical (unpaired) electrons. The van der Waals surface area contributed by atoms with E-state index in [9.17, 15) is 20.1 Å². The topological polar surface area (TPSA) is 85.0 Å². The molecule has 33 heavy (non-hydrogen) atoms. The van der Waals surface area contributed by atoms with Crippen LogP contribution in [0.5, 0.6) is 0 Å². The van der Waals surface area contributed by atoms with Gasteiger partial charge < -0.3 is 4.90 Å². The fourth-order valence-electron chi connectivity index (χ4n) is 5.09. The summed E-state index contributed by atoms with van der Waals surface area (Å²) in [7, 11) is 0. The number of carbonyl (C=O) groups is 2. The highest BCUT2D eigenvalue weighted by molar-refractivity contribution is 6.19. The van der Waals surface area contributed by atoms with Crippen molar-refractivity contribution < 1.29 is 9.59 Å². The van der Waals surface area contributed by atoms with Crippen LogP contribution in [-0.2, 0) is 21.5 Å². The lowest BCUT2D eigenvalue weighted by Crippen LogP contribution is -2.56. The lowest BCUT2D eigenvalue weighted by Gasteiger charge is -2.40. The molecule has 5 rings (SSSR count). The van der Waals surface area contributed by atoms with Gasteiger partial charge >= 0.3 is 0 Å². The Labute approximate surface area is 191 Å². The van der Waals surface area contributed by atoms with Gasteiger partial charge in [0.05, 0.1) is 18.7 Å². The van der Waals surface area contributed by atoms with E-state index in [1.54, 1.807) is 17.0 Å². The Bertz CT molecular complexity index is 1370. The number of hydrogen-bond acceptors (Lipinski definition) is 4. The molecule has 0 fully saturated rings. The van der Waals surface area contributed by atoms with Crippen molar-refractivity contribution in [3.8, 4) is 12.1 Å². The molecule has 1 amide bonds. The van der Waals surface area contributed by atoms with E-state index in [0.717, 1.165) is 11.1 Å². The molecule has 1 aliphatic carbocycles. The molecule has 1 heterocycles. The van der Waals surface area contributed by atoms with Gasteiger partial charge in [-0.1, -0.05) is 78.9 Å². The zero-order valence-electron chi connectivity index (χ0n) is 17.7. The maximum absolute atomic E-state index is 14.2. The van der Waals surface area contributed by atoms with E-state index in [-0.39, 0.29) is 13.0 Å². The van der Waals surface area contributed by atoms with Crippen LogP contribution >= 0.6 is 0 Å². The third-order valence-electron chi connectivity index (χ3n) is 6.70. The van der Waals surface area contributed by atoms with Crippen molar-refractivity contribution >= 4 is 23.0 Å². The first-order chi connectivity index (χ1) is 16.1. The fraction of sp³-hybridized carbons (Fsp3) is 0.143. The number of carbonyl (C=O) groups excluding carboxylic acids is 2. The van der Waals surface area contributed by atoms with Crippen LogP contribution in [0.25, 0.3) is 5.57 Å². The van der Waals surface area contributed by atoms with Crippen molar-refractivity contribution in [3.05, 3.63) is 108 Å². The highest BCUT2D eigenvalue weighted by atomic mass is 16.2. The average Bonchev–Trinajstić information content (AvgIpc) is 3.09. The number of hydrogen-bond donors (Lipinski definition) is 0. The molecule has 0 aromatic heterocycles. The number of fused-ring (bicyclic) bond motifs is 2. The minimum absolute atomic E-state index is 0.0883. The zero-order valence-corrected chi connectivity index (χ0v) is 17.7. The molecule has 5 heteroatoms. The summed E-state index contributed by atoms with van der Waals surface area (Å²) in [4.78, 5) is 29.3. The predicted molar refractivity (Wildman–Crippen MR) is 123 cm³/mol. The first kappa shape index (κ1) is 20.4. The molecule has 0 bridgehead atoms. The van der Waals surface area contributed by atoms with Gasteiger partial charge in [-0.25, -0.2) is 0 Å². The van der Waals surface area contributed by atoms with E-state index in [1.165, 1.54) is 6.08 Å². The fourth-order valence-corrected chi connectivity index (χ4v) is 5.09. The van der Waals surface area contributed by atoms with Gasteiger partial charge in [0.15, 0.2) is 5.78 Å². The van der Waals surface area contributed by atoms with Crippen LogP contribution in [-0.4, -0.2) is 11.7 Å². The predicted octanol–water partition coefficient (Wildman–Crippen LogP) is 4.56. The highest BCUT2D eigenvalue weighted by Crippen LogP contribution is 2.58. The Morgan fingerprint density at radius 2 is 1.42 bits per heavy atom. The molecule has 1 spiro atoms. The van der Waals surface area contributed by atoms with E-state index >= 15 is 0 Å². The second-order valence-corrected chi connectivity index (χ2v) is 8.35. The average molecular weight is 429 g/mol. The second-order valence-electron chi connectivity index (χ2n) is 8.35. The lowest BCUT2D eigenvalue weighted by molar-refractivity contribution is -0.132. The van der Waals surface area contributed by atoms with Crippen molar-refractivity contribution in [3.63, 3.8) is 0 Å². The van der Waals surface area contributed by atoms with Crippen LogP contribution in [0.4, 0.5) is 5.69 Å². The highest BCUT2D eigenvalue weighted by Gasteiger charge is 2.69. The van der Waals surface area contributed by atoms with Crippen molar-refractivity contribution in [2.24, 2.45) is 5.41 Å². The molecule has 2 aliphatic rings. The number of allylic oxidation sites excluding steroid dienone is 2. The van der Waals surface area contributed by atoms with Gasteiger partial charge in [-0.05, 0) is 40.8 Å². The molecule has 3 aromatic carbocycles. The minimum atomic E-state index is -2.15. The first-order valence-electron chi connectivity index (χ1n) is 10.7. The third-order valence-corrected chi connectivity index (χ3v) is 6.70. The van der Waals surface area contributed by atoms with Gasteiger partial charge in [-0.3, -0.25) is 9.59 Å². The van der Waals surface area contributed by atoms with Gasteiger partial charge in [0.2, 0.25) is 11.3 Å². The molecule has 158 valence electrons. The summed E-state index contributed by atoms with van der Waals surface area (Å²) in [6.45, 7) is 0.282. The summed E-state index contributed by atoms with van der Waals surface area (Å²) in [6.07, 6.45) is 1.45. The monoisotopic (exact) mass is 429 g/mol. The van der Waals surface area contributed by atoms with Crippen LogP contribution in [0.3, 0.4) is 0 Å². The number of ketones is 1. The molecule has 0 N–H and O–H groups in total. The second kappa shape index (κ2) is 7.58. The van der Waals surface area contributed by atoms with Crippen molar-refractivity contribution in [1.29, 1.82) is 10.5 Å². The number of para-hydroxylation sites is 1. The quantitative estimate of drug-likeness (QED) is 0.611. The molecule has 1 atom stereocenters. The van der Waals surface area contributed by atoms with Crippen LogP contribution in [0.2, 0.25) is 0 Å². The standard InChI is InChI=1S/C28H19N3O2/c29-18-27(19-30)25(32)15-22(21-11-5-2-6-12-21)16-28(27)23-13-7-8-14-24(23)31(26(28)33)17-20-9-3-1-4-10-20/h1-15H,16-17H2/t28-/m0/s1. The van der Waals surface area contributed by atoms with Gasteiger partial charge in [-0.2, -0.15) is 10.5 Å². The molecule has 0 unspecified atom stereocenters. The van der Waals surface area contributed by atoms with Crippen LogP contribution in [0, 0.1) is 28.1 Å². The van der Waals surface area contributed by atoms with Gasteiger partial charge in [0.1, 0.15) is 5.41 Å². The van der Waals surface area contributed by atoms with E-state index in [2.05, 4.69) is 0 Å². The Morgan fingerprint density at radius 1 is 0.818 bits per heavy atom. The van der Waals surface area contributed by atoms with E-state index in [0.29, 0.717) is 16.8 Å². The Hall–Kier alpha value is -4.48. The van der Waals surface area contributed by atoms with Crippen molar-refractivity contribution in [2.45, 2.75) is 18.4 Å². The third kappa shape index (κ3) is 2.76. The molecular weight excluding hydrogens is 410 g/mol.